The van der Waals surface area contributed by atoms with Gasteiger partial charge in [0, 0.05) is 5.75 Å². The van der Waals surface area contributed by atoms with Gasteiger partial charge in [-0.25, -0.2) is 4.79 Å². The number of unbranched alkanes of at least 4 members (excludes halogenated alkanes) is 1. The summed E-state index contributed by atoms with van der Waals surface area (Å²) in [5, 5.41) is 25.7. The number of aliphatic hydroxyl groups excluding tert-OH is 1. The SMILES string of the molecule is CCC(C)C(NC(=O)C(CS)NC(=O)C(CCCCN)NC(=O)C(N)CO)C(=O)O. The topological polar surface area (TPSA) is 197 Å². The Balaban J connectivity index is 5.21. The summed E-state index contributed by atoms with van der Waals surface area (Å²) in [6, 6.07) is -4.40. The highest BCUT2D eigenvalue weighted by atomic mass is 32.1. The van der Waals surface area contributed by atoms with E-state index in [1.165, 1.54) is 0 Å². The lowest BCUT2D eigenvalue weighted by Crippen LogP contribution is -2.58. The molecule has 30 heavy (non-hydrogen) atoms. The Kier molecular flexibility index (Phi) is 14.0. The second kappa shape index (κ2) is 15.0. The van der Waals surface area contributed by atoms with Gasteiger partial charge in [-0.3, -0.25) is 14.4 Å². The Hall–Kier alpha value is -1.89. The first-order valence-corrected chi connectivity index (χ1v) is 10.6. The van der Waals surface area contributed by atoms with Crippen LogP contribution in [-0.2, 0) is 19.2 Å². The lowest BCUT2D eigenvalue weighted by Gasteiger charge is -2.25. The van der Waals surface area contributed by atoms with Gasteiger partial charge in [0.2, 0.25) is 17.7 Å². The van der Waals surface area contributed by atoms with E-state index in [0.717, 1.165) is 0 Å². The van der Waals surface area contributed by atoms with Crippen LogP contribution in [0.15, 0.2) is 0 Å². The first-order valence-electron chi connectivity index (χ1n) is 9.94. The molecule has 0 bridgehead atoms. The van der Waals surface area contributed by atoms with Crippen LogP contribution in [-0.4, -0.2) is 77.0 Å². The largest absolute Gasteiger partial charge is 0.480 e. The fourth-order valence-electron chi connectivity index (χ4n) is 2.53. The van der Waals surface area contributed by atoms with E-state index in [4.69, 9.17) is 16.6 Å². The number of thiol groups is 1. The number of amides is 3. The Labute approximate surface area is 182 Å². The van der Waals surface area contributed by atoms with Gasteiger partial charge in [0.05, 0.1) is 6.61 Å². The molecule has 9 N–H and O–H groups in total. The predicted molar refractivity (Wildman–Crippen MR) is 115 cm³/mol. The van der Waals surface area contributed by atoms with Crippen LogP contribution in [0.4, 0.5) is 0 Å². The molecule has 0 aromatic carbocycles. The van der Waals surface area contributed by atoms with Crippen LogP contribution in [0.3, 0.4) is 0 Å². The predicted octanol–water partition coefficient (Wildman–Crippen LogP) is -2.05. The number of hydrogen-bond acceptors (Lipinski definition) is 8. The van der Waals surface area contributed by atoms with E-state index in [2.05, 4.69) is 28.6 Å². The second-order valence-electron chi connectivity index (χ2n) is 7.09. The zero-order valence-electron chi connectivity index (χ0n) is 17.5. The maximum absolute atomic E-state index is 12.7. The molecule has 0 saturated carbocycles. The van der Waals surface area contributed by atoms with Crippen molar-refractivity contribution in [3.05, 3.63) is 0 Å². The van der Waals surface area contributed by atoms with E-state index in [-0.39, 0.29) is 18.1 Å². The first-order chi connectivity index (χ1) is 14.1. The molecule has 0 aliphatic rings. The van der Waals surface area contributed by atoms with Gasteiger partial charge in [0.15, 0.2) is 0 Å². The van der Waals surface area contributed by atoms with Gasteiger partial charge >= 0.3 is 5.97 Å². The molecule has 12 heteroatoms. The van der Waals surface area contributed by atoms with Crippen molar-refractivity contribution in [2.45, 2.75) is 63.7 Å². The van der Waals surface area contributed by atoms with Crippen molar-refractivity contribution in [1.82, 2.24) is 16.0 Å². The third-order valence-corrected chi connectivity index (χ3v) is 5.07. The van der Waals surface area contributed by atoms with Gasteiger partial charge in [-0.2, -0.15) is 12.6 Å². The maximum Gasteiger partial charge on any atom is 0.326 e. The van der Waals surface area contributed by atoms with Gasteiger partial charge in [-0.1, -0.05) is 20.3 Å². The standard InChI is InChI=1S/C18H35N5O6S/c1-3-10(2)14(18(28)29)23-17(27)13(9-30)22-16(26)12(6-4-5-7-19)21-15(25)11(20)8-24/h10-14,24,30H,3-9,19-20H2,1-2H3,(H,21,25)(H,22,26)(H,23,27)(H,28,29). The summed E-state index contributed by atoms with van der Waals surface area (Å²) in [6.07, 6.45) is 1.95. The Morgan fingerprint density at radius 3 is 2.03 bits per heavy atom. The van der Waals surface area contributed by atoms with E-state index in [9.17, 15) is 24.3 Å². The molecule has 0 heterocycles. The van der Waals surface area contributed by atoms with Crippen molar-refractivity contribution < 1.29 is 29.4 Å². The first kappa shape index (κ1) is 28.1. The minimum Gasteiger partial charge on any atom is -0.480 e. The average Bonchev–Trinajstić information content (AvgIpc) is 2.73. The normalized spacial score (nSPS) is 15.9. The molecule has 0 aliphatic carbocycles. The number of rotatable bonds is 15. The van der Waals surface area contributed by atoms with E-state index >= 15 is 0 Å². The molecular weight excluding hydrogens is 414 g/mol. The van der Waals surface area contributed by atoms with Crippen molar-refractivity contribution in [3.8, 4) is 0 Å². The third-order valence-electron chi connectivity index (χ3n) is 4.71. The third kappa shape index (κ3) is 9.74. The molecule has 0 fully saturated rings. The molecule has 0 spiro atoms. The average molecular weight is 450 g/mol. The van der Waals surface area contributed by atoms with Crippen molar-refractivity contribution in [3.63, 3.8) is 0 Å². The molecule has 11 nitrogen and oxygen atoms in total. The molecular formula is C18H35N5O6S. The summed E-state index contributed by atoms with van der Waals surface area (Å²) in [4.78, 5) is 48.6. The maximum atomic E-state index is 12.7. The number of nitrogens with one attached hydrogen (secondary N) is 3. The molecule has 0 aromatic rings. The van der Waals surface area contributed by atoms with Gasteiger partial charge in [0.1, 0.15) is 24.2 Å². The molecule has 174 valence electrons. The zero-order valence-corrected chi connectivity index (χ0v) is 18.4. The van der Waals surface area contributed by atoms with Crippen molar-refractivity contribution in [2.75, 3.05) is 18.9 Å². The number of aliphatic hydroxyl groups is 1. The summed E-state index contributed by atoms with van der Waals surface area (Å²) < 4.78 is 0. The van der Waals surface area contributed by atoms with Crippen LogP contribution in [0.1, 0.15) is 39.5 Å². The molecule has 0 saturated heterocycles. The highest BCUT2D eigenvalue weighted by Crippen LogP contribution is 2.09. The molecule has 0 radical (unpaired) electrons. The second-order valence-corrected chi connectivity index (χ2v) is 7.45. The van der Waals surface area contributed by atoms with Gasteiger partial charge < -0.3 is 37.6 Å². The number of carbonyl (C=O) groups is 4. The molecule has 5 atom stereocenters. The van der Waals surface area contributed by atoms with Gasteiger partial charge in [0.25, 0.3) is 0 Å². The van der Waals surface area contributed by atoms with E-state index in [0.29, 0.717) is 25.8 Å². The number of nitrogens with two attached hydrogens (primary N) is 2. The number of carboxylic acid groups (broad SMARTS) is 1. The van der Waals surface area contributed by atoms with Crippen LogP contribution in [0.2, 0.25) is 0 Å². The van der Waals surface area contributed by atoms with Crippen LogP contribution in [0, 0.1) is 5.92 Å². The van der Waals surface area contributed by atoms with E-state index < -0.39 is 54.5 Å². The Morgan fingerprint density at radius 1 is 1.00 bits per heavy atom. The van der Waals surface area contributed by atoms with E-state index in [1.54, 1.807) is 13.8 Å². The van der Waals surface area contributed by atoms with Crippen LogP contribution >= 0.6 is 12.6 Å². The Morgan fingerprint density at radius 2 is 1.57 bits per heavy atom. The van der Waals surface area contributed by atoms with Gasteiger partial charge in [-0.05, 0) is 31.7 Å². The summed E-state index contributed by atoms with van der Waals surface area (Å²) in [7, 11) is 0. The molecule has 0 rings (SSSR count). The Bertz CT molecular complexity index is 579. The van der Waals surface area contributed by atoms with Crippen molar-refractivity contribution in [1.29, 1.82) is 0 Å². The molecule has 0 aliphatic heterocycles. The highest BCUT2D eigenvalue weighted by Gasteiger charge is 2.31. The quantitative estimate of drug-likeness (QED) is 0.103. The van der Waals surface area contributed by atoms with Crippen molar-refractivity contribution in [2.24, 2.45) is 17.4 Å². The molecule has 3 amide bonds. The van der Waals surface area contributed by atoms with Crippen LogP contribution in [0.25, 0.3) is 0 Å². The monoisotopic (exact) mass is 449 g/mol. The number of hydrogen-bond donors (Lipinski definition) is 8. The summed E-state index contributed by atoms with van der Waals surface area (Å²) in [6.45, 7) is 3.32. The fraction of sp³-hybridized carbons (Fsp3) is 0.778. The number of aliphatic carboxylic acids is 1. The number of carbonyl (C=O) groups excluding carboxylic acids is 3. The highest BCUT2D eigenvalue weighted by molar-refractivity contribution is 7.80. The van der Waals surface area contributed by atoms with Gasteiger partial charge in [-0.15, -0.1) is 0 Å². The number of carboxylic acids is 1. The fourth-order valence-corrected chi connectivity index (χ4v) is 2.78. The minimum absolute atomic E-state index is 0.0793. The lowest BCUT2D eigenvalue weighted by molar-refractivity contribution is -0.143. The minimum atomic E-state index is -1.19. The summed E-state index contributed by atoms with van der Waals surface area (Å²) in [5.41, 5.74) is 10.9. The zero-order chi connectivity index (χ0) is 23.3. The van der Waals surface area contributed by atoms with E-state index in [1.807, 2.05) is 0 Å². The lowest BCUT2D eigenvalue weighted by atomic mass is 9.99. The van der Waals surface area contributed by atoms with Crippen molar-refractivity contribution >= 4 is 36.3 Å². The van der Waals surface area contributed by atoms with Crippen LogP contribution in [0.5, 0.6) is 0 Å². The molecule has 5 unspecified atom stereocenters. The van der Waals surface area contributed by atoms with Crippen LogP contribution < -0.4 is 27.4 Å². The smallest absolute Gasteiger partial charge is 0.326 e. The summed E-state index contributed by atoms with van der Waals surface area (Å²) in [5.74, 6) is -3.61. The molecule has 0 aromatic heterocycles. The summed E-state index contributed by atoms with van der Waals surface area (Å²) >= 11 is 4.07.